The third-order valence-electron chi connectivity index (χ3n) is 5.41. The lowest BCUT2D eigenvalue weighted by molar-refractivity contribution is -0.122. The first-order chi connectivity index (χ1) is 17.2. The molecule has 4 amide bonds. The molecular formula is C27H22BrClN2O5. The lowest BCUT2D eigenvalue weighted by atomic mass is 10.1. The SMILES string of the molecule is COc1cc(/C=C2\C(=O)NC(=O)N(c3ccc(Cl)cc3)C2=O)cc(Br)c1OCc1cc(C)cc(C)c1. The number of hydrogen-bond donors (Lipinski definition) is 1. The summed E-state index contributed by atoms with van der Waals surface area (Å²) in [5, 5.41) is 2.65. The zero-order valence-electron chi connectivity index (χ0n) is 19.7. The molecule has 1 aliphatic rings. The number of nitrogens with one attached hydrogen (secondary N) is 1. The maximum absolute atomic E-state index is 13.1. The molecule has 3 aromatic carbocycles. The molecule has 1 aliphatic heterocycles. The Balaban J connectivity index is 1.63. The van der Waals surface area contributed by atoms with E-state index in [0.717, 1.165) is 21.6 Å². The number of nitrogens with zero attached hydrogens (tertiary/aromatic N) is 1. The van der Waals surface area contributed by atoms with Gasteiger partial charge in [-0.15, -0.1) is 0 Å². The molecule has 1 heterocycles. The smallest absolute Gasteiger partial charge is 0.335 e. The van der Waals surface area contributed by atoms with Crippen LogP contribution in [0, 0.1) is 13.8 Å². The van der Waals surface area contributed by atoms with Gasteiger partial charge in [0.2, 0.25) is 0 Å². The normalized spacial score (nSPS) is 14.8. The Morgan fingerprint density at radius 2 is 1.67 bits per heavy atom. The average Bonchev–Trinajstić information content (AvgIpc) is 2.81. The van der Waals surface area contributed by atoms with Crippen LogP contribution in [-0.4, -0.2) is 25.0 Å². The number of amides is 4. The lowest BCUT2D eigenvalue weighted by Gasteiger charge is -2.26. The van der Waals surface area contributed by atoms with Crippen LogP contribution < -0.4 is 19.7 Å². The Bertz CT molecular complexity index is 1380. The van der Waals surface area contributed by atoms with Crippen LogP contribution in [0.5, 0.6) is 11.5 Å². The second-order valence-corrected chi connectivity index (χ2v) is 9.54. The maximum Gasteiger partial charge on any atom is 0.335 e. The fourth-order valence-electron chi connectivity index (χ4n) is 3.92. The molecule has 184 valence electrons. The minimum atomic E-state index is -0.835. The maximum atomic E-state index is 13.1. The molecule has 9 heteroatoms. The summed E-state index contributed by atoms with van der Waals surface area (Å²) >= 11 is 9.42. The Kier molecular flexibility index (Phi) is 7.47. The topological polar surface area (TPSA) is 84.9 Å². The molecule has 0 aromatic heterocycles. The monoisotopic (exact) mass is 568 g/mol. The summed E-state index contributed by atoms with van der Waals surface area (Å²) < 4.78 is 12.1. The van der Waals surface area contributed by atoms with Crippen molar-refractivity contribution in [2.24, 2.45) is 0 Å². The number of imide groups is 2. The third-order valence-corrected chi connectivity index (χ3v) is 6.25. The van der Waals surface area contributed by atoms with Crippen LogP contribution in [0.1, 0.15) is 22.3 Å². The zero-order chi connectivity index (χ0) is 26.0. The van der Waals surface area contributed by atoms with Crippen molar-refractivity contribution < 1.29 is 23.9 Å². The van der Waals surface area contributed by atoms with Crippen LogP contribution in [0.25, 0.3) is 6.08 Å². The molecule has 1 fully saturated rings. The van der Waals surface area contributed by atoms with E-state index in [4.69, 9.17) is 21.1 Å². The summed E-state index contributed by atoms with van der Waals surface area (Å²) in [6, 6.07) is 14.9. The number of anilines is 1. The molecule has 7 nitrogen and oxygen atoms in total. The molecule has 0 aliphatic carbocycles. The van der Waals surface area contributed by atoms with Crippen molar-refractivity contribution in [3.63, 3.8) is 0 Å². The average molecular weight is 570 g/mol. The van der Waals surface area contributed by atoms with Crippen LogP contribution in [0.2, 0.25) is 5.02 Å². The van der Waals surface area contributed by atoms with Gasteiger partial charge in [-0.3, -0.25) is 14.9 Å². The fourth-order valence-corrected chi connectivity index (χ4v) is 4.62. The van der Waals surface area contributed by atoms with Crippen LogP contribution in [-0.2, 0) is 16.2 Å². The summed E-state index contributed by atoms with van der Waals surface area (Å²) in [5.41, 5.74) is 3.88. The summed E-state index contributed by atoms with van der Waals surface area (Å²) in [7, 11) is 1.50. The van der Waals surface area contributed by atoms with Gasteiger partial charge in [0.1, 0.15) is 12.2 Å². The quantitative estimate of drug-likeness (QED) is 0.292. The van der Waals surface area contributed by atoms with Crippen molar-refractivity contribution in [1.82, 2.24) is 5.32 Å². The van der Waals surface area contributed by atoms with E-state index in [0.29, 0.717) is 33.2 Å². The Labute approximate surface area is 221 Å². The van der Waals surface area contributed by atoms with Crippen molar-refractivity contribution in [3.05, 3.63) is 91.9 Å². The van der Waals surface area contributed by atoms with Crippen LogP contribution in [0.3, 0.4) is 0 Å². The van der Waals surface area contributed by atoms with Crippen LogP contribution in [0.15, 0.2) is 64.6 Å². The second-order valence-electron chi connectivity index (χ2n) is 8.25. The number of halogens is 2. The lowest BCUT2D eigenvalue weighted by Crippen LogP contribution is -2.54. The van der Waals surface area contributed by atoms with E-state index in [-0.39, 0.29) is 11.3 Å². The number of benzene rings is 3. The first kappa shape index (κ1) is 25.5. The van der Waals surface area contributed by atoms with Gasteiger partial charge in [0, 0.05) is 5.02 Å². The highest BCUT2D eigenvalue weighted by Crippen LogP contribution is 2.38. The largest absolute Gasteiger partial charge is 0.493 e. The molecule has 4 rings (SSSR count). The van der Waals surface area contributed by atoms with E-state index in [1.165, 1.54) is 25.3 Å². The number of barbiturate groups is 1. The zero-order valence-corrected chi connectivity index (χ0v) is 22.1. The molecular weight excluding hydrogens is 548 g/mol. The number of rotatable bonds is 6. The van der Waals surface area contributed by atoms with E-state index in [9.17, 15) is 14.4 Å². The highest BCUT2D eigenvalue weighted by Gasteiger charge is 2.36. The van der Waals surface area contributed by atoms with Crippen molar-refractivity contribution >= 4 is 57.1 Å². The minimum Gasteiger partial charge on any atom is -0.493 e. The van der Waals surface area contributed by atoms with Gasteiger partial charge in [-0.25, -0.2) is 9.69 Å². The summed E-state index contributed by atoms with van der Waals surface area (Å²) in [6.45, 7) is 4.39. The third kappa shape index (κ3) is 5.45. The number of hydrogen-bond acceptors (Lipinski definition) is 5. The van der Waals surface area contributed by atoms with E-state index in [1.807, 2.05) is 26.0 Å². The van der Waals surface area contributed by atoms with E-state index < -0.39 is 17.8 Å². The van der Waals surface area contributed by atoms with Crippen LogP contribution >= 0.6 is 27.5 Å². The second kappa shape index (κ2) is 10.6. The van der Waals surface area contributed by atoms with Crippen LogP contribution in [0.4, 0.5) is 10.5 Å². The van der Waals surface area contributed by atoms with Gasteiger partial charge in [-0.1, -0.05) is 40.9 Å². The summed E-state index contributed by atoms with van der Waals surface area (Å²) in [5.74, 6) is -0.650. The van der Waals surface area contributed by atoms with Crippen molar-refractivity contribution in [1.29, 1.82) is 0 Å². The Morgan fingerprint density at radius 3 is 2.31 bits per heavy atom. The number of urea groups is 1. The van der Waals surface area contributed by atoms with E-state index in [2.05, 4.69) is 27.3 Å². The molecule has 1 saturated heterocycles. The number of carbonyl (C=O) groups is 3. The van der Waals surface area contributed by atoms with Gasteiger partial charge in [0.15, 0.2) is 11.5 Å². The van der Waals surface area contributed by atoms with Gasteiger partial charge < -0.3 is 9.47 Å². The summed E-state index contributed by atoms with van der Waals surface area (Å²) in [6.07, 6.45) is 1.40. The van der Waals surface area contributed by atoms with E-state index in [1.54, 1.807) is 24.3 Å². The summed E-state index contributed by atoms with van der Waals surface area (Å²) in [4.78, 5) is 39.0. The van der Waals surface area contributed by atoms with Crippen molar-refractivity contribution in [3.8, 4) is 11.5 Å². The van der Waals surface area contributed by atoms with E-state index >= 15 is 0 Å². The molecule has 0 unspecified atom stereocenters. The van der Waals surface area contributed by atoms with Gasteiger partial charge >= 0.3 is 6.03 Å². The molecule has 36 heavy (non-hydrogen) atoms. The Morgan fingerprint density at radius 1 is 1.00 bits per heavy atom. The van der Waals surface area contributed by atoms with Gasteiger partial charge in [0.05, 0.1) is 17.3 Å². The first-order valence-electron chi connectivity index (χ1n) is 10.9. The number of carbonyl (C=O) groups excluding carboxylic acids is 3. The highest BCUT2D eigenvalue weighted by atomic mass is 79.9. The molecule has 0 spiro atoms. The molecule has 1 N–H and O–H groups in total. The molecule has 0 bridgehead atoms. The van der Waals surface area contributed by atoms with Gasteiger partial charge in [-0.2, -0.15) is 0 Å². The molecule has 0 saturated carbocycles. The molecule has 0 atom stereocenters. The highest BCUT2D eigenvalue weighted by molar-refractivity contribution is 9.10. The predicted molar refractivity (Wildman–Crippen MR) is 141 cm³/mol. The van der Waals surface area contributed by atoms with Gasteiger partial charge in [0.25, 0.3) is 11.8 Å². The minimum absolute atomic E-state index is 0.206. The molecule has 3 aromatic rings. The number of methoxy groups -OCH3 is 1. The predicted octanol–water partition coefficient (Wildman–Crippen LogP) is 5.97. The fraction of sp³-hybridized carbons (Fsp3) is 0.148. The van der Waals surface area contributed by atoms with Crippen molar-refractivity contribution in [2.75, 3.05) is 12.0 Å². The Hall–Kier alpha value is -3.62. The number of aryl methyl sites for hydroxylation is 2. The van der Waals surface area contributed by atoms with Gasteiger partial charge in [-0.05, 0) is 83.4 Å². The van der Waals surface area contributed by atoms with Crippen molar-refractivity contribution in [2.45, 2.75) is 20.5 Å². The standard InChI is InChI=1S/C27H22BrClN2O5/c1-15-8-16(2)10-18(9-15)14-36-24-22(28)12-17(13-23(24)35-3)11-21-25(32)30-27(34)31(26(21)33)20-6-4-19(29)5-7-20/h4-13H,14H2,1-3H3,(H,30,32,34)/b21-11+. The first-order valence-corrected chi connectivity index (χ1v) is 12.1. The number of ether oxygens (including phenoxy) is 2. The molecule has 0 radical (unpaired) electrons.